The van der Waals surface area contributed by atoms with Crippen molar-refractivity contribution in [1.82, 2.24) is 15.1 Å². The van der Waals surface area contributed by atoms with Gasteiger partial charge in [-0.1, -0.05) is 24.6 Å². The molecule has 1 aromatic carbocycles. The molecule has 0 aliphatic carbocycles. The lowest BCUT2D eigenvalue weighted by Gasteiger charge is -2.28. The smallest absolute Gasteiger partial charge is 0.225 e. The number of carbonyl (C=O) groups is 1. The molecule has 0 saturated carbocycles. The van der Waals surface area contributed by atoms with E-state index in [0.29, 0.717) is 29.1 Å². The third-order valence-electron chi connectivity index (χ3n) is 4.61. The number of aromatic nitrogens is 2. The van der Waals surface area contributed by atoms with Gasteiger partial charge in [-0.3, -0.25) is 4.79 Å². The van der Waals surface area contributed by atoms with Crippen LogP contribution in [-0.4, -0.2) is 28.8 Å². The van der Waals surface area contributed by atoms with E-state index in [1.807, 2.05) is 24.3 Å². The molecule has 0 bridgehead atoms. The van der Waals surface area contributed by atoms with Crippen molar-refractivity contribution in [2.24, 2.45) is 11.8 Å². The van der Waals surface area contributed by atoms with Gasteiger partial charge in [0.1, 0.15) is 5.82 Å². The summed E-state index contributed by atoms with van der Waals surface area (Å²) in [6, 6.07) is 9.20. The molecule has 2 N–H and O–H groups in total. The predicted octanol–water partition coefficient (Wildman–Crippen LogP) is 3.91. The number of anilines is 1. The van der Waals surface area contributed by atoms with Gasteiger partial charge in [0.25, 0.3) is 0 Å². The van der Waals surface area contributed by atoms with Gasteiger partial charge < -0.3 is 10.6 Å². The summed E-state index contributed by atoms with van der Waals surface area (Å²) in [5.74, 6) is 1.62. The molecular formula is C18H24Cl2N4O. The van der Waals surface area contributed by atoms with Crippen LogP contribution in [0.25, 0.3) is 5.69 Å². The second-order valence-electron chi connectivity index (χ2n) is 6.44. The summed E-state index contributed by atoms with van der Waals surface area (Å²) in [7, 11) is 0. The summed E-state index contributed by atoms with van der Waals surface area (Å²) >= 11 is 6.04. The zero-order valence-electron chi connectivity index (χ0n) is 14.2. The number of hydrogen-bond donors (Lipinski definition) is 2. The lowest BCUT2D eigenvalue weighted by Crippen LogP contribution is -2.34. The minimum atomic E-state index is 0. The molecule has 25 heavy (non-hydrogen) atoms. The molecule has 0 spiro atoms. The minimum Gasteiger partial charge on any atom is -0.316 e. The Morgan fingerprint density at radius 1 is 1.48 bits per heavy atom. The molecule has 0 radical (unpaired) electrons. The van der Waals surface area contributed by atoms with Gasteiger partial charge in [-0.15, -0.1) is 12.4 Å². The van der Waals surface area contributed by atoms with Crippen molar-refractivity contribution < 1.29 is 4.79 Å². The van der Waals surface area contributed by atoms with Gasteiger partial charge in [-0.05, 0) is 56.0 Å². The van der Waals surface area contributed by atoms with Crippen LogP contribution in [0.5, 0.6) is 0 Å². The van der Waals surface area contributed by atoms with Crippen molar-refractivity contribution in [3.63, 3.8) is 0 Å². The molecule has 1 aliphatic heterocycles. The molecule has 3 rings (SSSR count). The van der Waals surface area contributed by atoms with E-state index in [2.05, 4.69) is 22.7 Å². The highest BCUT2D eigenvalue weighted by Gasteiger charge is 2.22. The summed E-state index contributed by atoms with van der Waals surface area (Å²) in [4.78, 5) is 12.4. The van der Waals surface area contributed by atoms with E-state index >= 15 is 0 Å². The van der Waals surface area contributed by atoms with Crippen molar-refractivity contribution in [3.05, 3.63) is 41.6 Å². The van der Waals surface area contributed by atoms with E-state index in [-0.39, 0.29) is 18.3 Å². The molecule has 2 atom stereocenters. The Labute approximate surface area is 159 Å². The summed E-state index contributed by atoms with van der Waals surface area (Å²) in [6.45, 7) is 4.26. The summed E-state index contributed by atoms with van der Waals surface area (Å²) in [6.07, 6.45) is 4.58. The highest BCUT2D eigenvalue weighted by Crippen LogP contribution is 2.24. The fourth-order valence-electron chi connectivity index (χ4n) is 3.23. The monoisotopic (exact) mass is 382 g/mol. The number of carbonyl (C=O) groups excluding carboxylic acids is 1. The maximum Gasteiger partial charge on any atom is 0.225 e. The number of amides is 1. The van der Waals surface area contributed by atoms with Crippen LogP contribution in [0, 0.1) is 11.8 Å². The Bertz CT molecular complexity index is 698. The van der Waals surface area contributed by atoms with E-state index in [4.69, 9.17) is 11.6 Å². The van der Waals surface area contributed by atoms with Crippen molar-refractivity contribution in [2.75, 3.05) is 18.4 Å². The summed E-state index contributed by atoms with van der Waals surface area (Å²) < 4.78 is 1.69. The fourth-order valence-corrected chi connectivity index (χ4v) is 3.41. The normalized spacial score (nSPS) is 18.2. The van der Waals surface area contributed by atoms with Gasteiger partial charge in [0.2, 0.25) is 5.91 Å². The molecule has 1 saturated heterocycles. The summed E-state index contributed by atoms with van der Waals surface area (Å²) in [5.41, 5.74) is 0.826. The van der Waals surface area contributed by atoms with Crippen LogP contribution in [0.2, 0.25) is 5.02 Å². The third kappa shape index (κ3) is 5.21. The fraction of sp³-hybridized carbons (Fsp3) is 0.444. The molecule has 1 amide bonds. The van der Waals surface area contributed by atoms with Gasteiger partial charge in [0.05, 0.1) is 11.9 Å². The minimum absolute atomic E-state index is 0. The summed E-state index contributed by atoms with van der Waals surface area (Å²) in [5, 5.41) is 11.3. The lowest BCUT2D eigenvalue weighted by molar-refractivity contribution is -0.117. The second-order valence-corrected chi connectivity index (χ2v) is 6.88. The van der Waals surface area contributed by atoms with Crippen LogP contribution >= 0.6 is 24.0 Å². The molecule has 1 fully saturated rings. The van der Waals surface area contributed by atoms with E-state index in [1.54, 1.807) is 16.9 Å². The number of halogens is 2. The lowest BCUT2D eigenvalue weighted by atomic mass is 9.85. The zero-order valence-corrected chi connectivity index (χ0v) is 15.8. The molecule has 1 aliphatic rings. The van der Waals surface area contributed by atoms with E-state index in [9.17, 15) is 4.79 Å². The van der Waals surface area contributed by atoms with Crippen molar-refractivity contribution in [3.8, 4) is 5.69 Å². The predicted molar refractivity (Wildman–Crippen MR) is 104 cm³/mol. The first-order valence-electron chi connectivity index (χ1n) is 8.44. The van der Waals surface area contributed by atoms with Gasteiger partial charge in [0.15, 0.2) is 0 Å². The molecule has 2 aromatic rings. The van der Waals surface area contributed by atoms with Crippen LogP contribution in [0.1, 0.15) is 26.2 Å². The molecule has 7 heteroatoms. The molecule has 136 valence electrons. The van der Waals surface area contributed by atoms with Crippen molar-refractivity contribution >= 4 is 35.7 Å². The van der Waals surface area contributed by atoms with Crippen molar-refractivity contribution in [2.45, 2.75) is 26.2 Å². The van der Waals surface area contributed by atoms with E-state index in [1.165, 1.54) is 12.8 Å². The average molecular weight is 383 g/mol. The zero-order chi connectivity index (χ0) is 16.9. The molecule has 2 unspecified atom stereocenters. The average Bonchev–Trinajstić information content (AvgIpc) is 3.03. The Hall–Kier alpha value is -1.56. The SMILES string of the molecule is CC(CC(=O)Nc1ccnn1-c1cccc(Cl)c1)C1CCCNC1.Cl. The third-order valence-corrected chi connectivity index (χ3v) is 4.85. The van der Waals surface area contributed by atoms with Crippen LogP contribution in [0.15, 0.2) is 36.5 Å². The highest BCUT2D eigenvalue weighted by atomic mass is 35.5. The largest absolute Gasteiger partial charge is 0.316 e. The number of nitrogens with zero attached hydrogens (tertiary/aromatic N) is 2. The molecule has 2 heterocycles. The maximum absolute atomic E-state index is 12.4. The quantitative estimate of drug-likeness (QED) is 0.823. The van der Waals surface area contributed by atoms with Gasteiger partial charge in [-0.25, -0.2) is 4.68 Å². The van der Waals surface area contributed by atoms with Crippen LogP contribution in [0.3, 0.4) is 0 Å². The molecule has 5 nitrogen and oxygen atoms in total. The molecular weight excluding hydrogens is 359 g/mol. The highest BCUT2D eigenvalue weighted by molar-refractivity contribution is 6.30. The Morgan fingerprint density at radius 2 is 2.32 bits per heavy atom. The molecule has 1 aromatic heterocycles. The standard InChI is InChI=1S/C18H23ClN4O.ClH/c1-13(14-4-3-8-20-12-14)10-18(24)22-17-7-9-21-23(17)16-6-2-5-15(19)11-16;/h2,5-7,9,11,13-14,20H,3-4,8,10,12H2,1H3,(H,22,24);1H. The van der Waals surface area contributed by atoms with Gasteiger partial charge in [-0.2, -0.15) is 5.10 Å². The Kier molecular flexibility index (Phi) is 7.29. The van der Waals surface area contributed by atoms with Crippen LogP contribution in [0.4, 0.5) is 5.82 Å². The first kappa shape index (κ1) is 19.8. The van der Waals surface area contributed by atoms with E-state index < -0.39 is 0 Å². The number of piperidine rings is 1. The van der Waals surface area contributed by atoms with Gasteiger partial charge >= 0.3 is 0 Å². The topological polar surface area (TPSA) is 59.0 Å². The number of nitrogens with one attached hydrogen (secondary N) is 2. The Balaban J connectivity index is 0.00000225. The first-order valence-corrected chi connectivity index (χ1v) is 8.82. The van der Waals surface area contributed by atoms with Crippen molar-refractivity contribution in [1.29, 1.82) is 0 Å². The number of benzene rings is 1. The number of rotatable bonds is 5. The first-order chi connectivity index (χ1) is 11.6. The maximum atomic E-state index is 12.4. The van der Waals surface area contributed by atoms with E-state index in [0.717, 1.165) is 18.8 Å². The van der Waals surface area contributed by atoms with Crippen LogP contribution in [-0.2, 0) is 4.79 Å². The Morgan fingerprint density at radius 3 is 3.04 bits per heavy atom. The number of hydrogen-bond acceptors (Lipinski definition) is 3. The second kappa shape index (κ2) is 9.22. The van der Waals surface area contributed by atoms with Gasteiger partial charge in [0, 0.05) is 17.5 Å². The van der Waals surface area contributed by atoms with Crippen LogP contribution < -0.4 is 10.6 Å².